The maximum atomic E-state index is 12.3. The summed E-state index contributed by atoms with van der Waals surface area (Å²) in [5.41, 5.74) is 0.629. The number of benzene rings is 1. The molecule has 0 radical (unpaired) electrons. The van der Waals surface area contributed by atoms with Crippen molar-refractivity contribution in [2.24, 2.45) is 0 Å². The summed E-state index contributed by atoms with van der Waals surface area (Å²) in [6, 6.07) is 7.65. The average molecular weight is 309 g/mol. The van der Waals surface area contributed by atoms with Gasteiger partial charge in [-0.2, -0.15) is 0 Å². The lowest BCUT2D eigenvalue weighted by Crippen LogP contribution is -2.45. The molecule has 0 fully saturated rings. The zero-order valence-corrected chi connectivity index (χ0v) is 12.7. The number of rotatable bonds is 7. The lowest BCUT2D eigenvalue weighted by molar-refractivity contribution is -0.151. The largest absolute Gasteiger partial charge is 0.469 e. The minimum absolute atomic E-state index is 0.319. The Morgan fingerprint density at radius 1 is 1.05 bits per heavy atom. The second-order valence-electron chi connectivity index (χ2n) is 4.39. The van der Waals surface area contributed by atoms with Gasteiger partial charge in [0.2, 0.25) is 0 Å². The number of ether oxygens (including phenoxy) is 3. The molecule has 7 heteroatoms. The van der Waals surface area contributed by atoms with Crippen molar-refractivity contribution < 1.29 is 28.6 Å². The van der Waals surface area contributed by atoms with Crippen LogP contribution in [0.3, 0.4) is 0 Å². The van der Waals surface area contributed by atoms with Gasteiger partial charge in [-0.1, -0.05) is 30.3 Å². The molecule has 0 bridgehead atoms. The molecule has 0 saturated carbocycles. The molecule has 1 amide bonds. The van der Waals surface area contributed by atoms with E-state index in [1.54, 1.807) is 24.3 Å². The van der Waals surface area contributed by atoms with Crippen molar-refractivity contribution in [1.82, 2.24) is 5.32 Å². The van der Waals surface area contributed by atoms with Gasteiger partial charge in [0, 0.05) is 7.11 Å². The van der Waals surface area contributed by atoms with Crippen LogP contribution in [0.5, 0.6) is 0 Å². The first-order valence-corrected chi connectivity index (χ1v) is 6.56. The summed E-state index contributed by atoms with van der Waals surface area (Å²) >= 11 is 0. The molecule has 120 valence electrons. The third-order valence-electron chi connectivity index (χ3n) is 2.98. The lowest BCUT2D eigenvalue weighted by atomic mass is 10.1. The number of carbonyl (C=O) groups is 3. The Morgan fingerprint density at radius 3 is 2.18 bits per heavy atom. The zero-order chi connectivity index (χ0) is 16.5. The molecule has 0 saturated heterocycles. The summed E-state index contributed by atoms with van der Waals surface area (Å²) in [7, 11) is 3.74. The summed E-state index contributed by atoms with van der Waals surface area (Å²) in [5, 5.41) is 2.44. The molecule has 1 aromatic rings. The van der Waals surface area contributed by atoms with Gasteiger partial charge in [0.15, 0.2) is 6.10 Å². The Bertz CT molecular complexity index is 516. The highest BCUT2D eigenvalue weighted by Gasteiger charge is 2.29. The summed E-state index contributed by atoms with van der Waals surface area (Å²) in [6.45, 7) is 0. The SMILES string of the molecule is COC(=O)C[C@@H](NC(=O)[C@H](OC)c1ccccc1)C(=O)OC. The Balaban J connectivity index is 2.84. The fourth-order valence-electron chi connectivity index (χ4n) is 1.86. The fourth-order valence-corrected chi connectivity index (χ4v) is 1.86. The molecule has 0 aliphatic carbocycles. The second kappa shape index (κ2) is 8.78. The van der Waals surface area contributed by atoms with E-state index < -0.39 is 30.0 Å². The van der Waals surface area contributed by atoms with Crippen LogP contribution in [0.1, 0.15) is 18.1 Å². The van der Waals surface area contributed by atoms with Crippen molar-refractivity contribution in [3.63, 3.8) is 0 Å². The predicted molar refractivity (Wildman–Crippen MR) is 76.8 cm³/mol. The van der Waals surface area contributed by atoms with E-state index in [0.717, 1.165) is 0 Å². The molecule has 7 nitrogen and oxygen atoms in total. The minimum atomic E-state index is -1.13. The Morgan fingerprint density at radius 2 is 1.68 bits per heavy atom. The zero-order valence-electron chi connectivity index (χ0n) is 12.7. The first-order valence-electron chi connectivity index (χ1n) is 6.56. The van der Waals surface area contributed by atoms with Gasteiger partial charge in [-0.3, -0.25) is 9.59 Å². The molecule has 1 rings (SSSR count). The number of amides is 1. The van der Waals surface area contributed by atoms with E-state index in [-0.39, 0.29) is 6.42 Å². The molecule has 0 aliphatic rings. The number of esters is 2. The summed E-state index contributed by atoms with van der Waals surface area (Å²) in [5.74, 6) is -1.92. The van der Waals surface area contributed by atoms with Crippen molar-refractivity contribution in [1.29, 1.82) is 0 Å². The van der Waals surface area contributed by atoms with Gasteiger partial charge in [-0.05, 0) is 5.56 Å². The van der Waals surface area contributed by atoms with Crippen molar-refractivity contribution in [2.45, 2.75) is 18.6 Å². The van der Waals surface area contributed by atoms with Crippen molar-refractivity contribution >= 4 is 17.8 Å². The van der Waals surface area contributed by atoms with Crippen LogP contribution in [0.2, 0.25) is 0 Å². The number of nitrogens with one attached hydrogen (secondary N) is 1. The highest BCUT2D eigenvalue weighted by atomic mass is 16.5. The summed E-state index contributed by atoms with van der Waals surface area (Å²) < 4.78 is 14.2. The molecule has 2 atom stereocenters. The lowest BCUT2D eigenvalue weighted by Gasteiger charge is -2.20. The normalized spacial score (nSPS) is 12.9. The summed E-state index contributed by atoms with van der Waals surface area (Å²) in [6.07, 6.45) is -1.22. The molecule has 0 aromatic heterocycles. The van der Waals surface area contributed by atoms with Gasteiger partial charge in [0.05, 0.1) is 20.6 Å². The molecule has 1 aromatic carbocycles. The number of hydrogen-bond donors (Lipinski definition) is 1. The van der Waals surface area contributed by atoms with Crippen molar-refractivity contribution in [3.05, 3.63) is 35.9 Å². The van der Waals surface area contributed by atoms with E-state index >= 15 is 0 Å². The Hall–Kier alpha value is -2.41. The van der Waals surface area contributed by atoms with Crippen LogP contribution in [-0.2, 0) is 28.6 Å². The number of hydrogen-bond acceptors (Lipinski definition) is 6. The Labute approximate surface area is 128 Å². The van der Waals surface area contributed by atoms with Crippen LogP contribution in [0.4, 0.5) is 0 Å². The number of methoxy groups -OCH3 is 3. The third-order valence-corrected chi connectivity index (χ3v) is 2.98. The molecule has 0 heterocycles. The van der Waals surface area contributed by atoms with E-state index in [4.69, 9.17) is 4.74 Å². The van der Waals surface area contributed by atoms with Gasteiger partial charge in [0.1, 0.15) is 6.04 Å². The molecule has 0 unspecified atom stereocenters. The molecule has 0 aliphatic heterocycles. The van der Waals surface area contributed by atoms with Gasteiger partial charge in [-0.25, -0.2) is 4.79 Å². The molecule has 0 spiro atoms. The molecular weight excluding hydrogens is 290 g/mol. The highest BCUT2D eigenvalue weighted by Crippen LogP contribution is 2.16. The van der Waals surface area contributed by atoms with Gasteiger partial charge >= 0.3 is 11.9 Å². The maximum absolute atomic E-state index is 12.3. The van der Waals surface area contributed by atoms with Crippen LogP contribution in [0.15, 0.2) is 30.3 Å². The van der Waals surface area contributed by atoms with Crippen LogP contribution in [-0.4, -0.2) is 45.2 Å². The monoisotopic (exact) mass is 309 g/mol. The van der Waals surface area contributed by atoms with E-state index in [1.807, 2.05) is 6.07 Å². The Kier molecular flexibility index (Phi) is 7.04. The molecule has 1 N–H and O–H groups in total. The second-order valence-corrected chi connectivity index (χ2v) is 4.39. The number of carbonyl (C=O) groups excluding carboxylic acids is 3. The fraction of sp³-hybridized carbons (Fsp3) is 0.400. The minimum Gasteiger partial charge on any atom is -0.469 e. The predicted octanol–water partition coefficient (Wildman–Crippen LogP) is 0.595. The van der Waals surface area contributed by atoms with Crippen molar-refractivity contribution in [2.75, 3.05) is 21.3 Å². The van der Waals surface area contributed by atoms with Crippen LogP contribution in [0, 0.1) is 0 Å². The van der Waals surface area contributed by atoms with Crippen LogP contribution in [0.25, 0.3) is 0 Å². The smallest absolute Gasteiger partial charge is 0.328 e. The highest BCUT2D eigenvalue weighted by molar-refractivity contribution is 5.90. The third kappa shape index (κ3) is 4.85. The topological polar surface area (TPSA) is 90.9 Å². The maximum Gasteiger partial charge on any atom is 0.328 e. The van der Waals surface area contributed by atoms with Gasteiger partial charge in [-0.15, -0.1) is 0 Å². The van der Waals surface area contributed by atoms with Gasteiger partial charge in [0.25, 0.3) is 5.91 Å². The van der Waals surface area contributed by atoms with E-state index in [1.165, 1.54) is 21.3 Å². The molecular formula is C15H19NO6. The standard InChI is InChI=1S/C15H19NO6/c1-20-12(17)9-11(15(19)22-3)16-14(18)13(21-2)10-7-5-4-6-8-10/h4-8,11,13H,9H2,1-3H3,(H,16,18)/t11-,13-/m1/s1. The van der Waals surface area contributed by atoms with Gasteiger partial charge < -0.3 is 19.5 Å². The first kappa shape index (κ1) is 17.6. The van der Waals surface area contributed by atoms with E-state index in [0.29, 0.717) is 5.56 Å². The average Bonchev–Trinajstić information content (AvgIpc) is 2.55. The van der Waals surface area contributed by atoms with Crippen LogP contribution >= 0.6 is 0 Å². The van der Waals surface area contributed by atoms with Crippen LogP contribution < -0.4 is 5.32 Å². The summed E-state index contributed by atoms with van der Waals surface area (Å²) in [4.78, 5) is 35.3. The first-order chi connectivity index (χ1) is 10.5. The van der Waals surface area contributed by atoms with E-state index in [9.17, 15) is 14.4 Å². The quantitative estimate of drug-likeness (QED) is 0.742. The van der Waals surface area contributed by atoms with E-state index in [2.05, 4.69) is 14.8 Å². The molecule has 22 heavy (non-hydrogen) atoms. The van der Waals surface area contributed by atoms with Crippen molar-refractivity contribution in [3.8, 4) is 0 Å².